The maximum Gasteiger partial charge on any atom is 0.293 e. The van der Waals surface area contributed by atoms with Gasteiger partial charge in [-0.3, -0.25) is 4.52 Å². The smallest absolute Gasteiger partial charge is 0.293 e. The molecule has 0 aromatic heterocycles. The first-order valence-electron chi connectivity index (χ1n) is 10.0. The number of hydrogen-bond donors (Lipinski definition) is 0. The molecule has 1 aliphatic rings. The molecule has 1 fully saturated rings. The zero-order valence-corrected chi connectivity index (χ0v) is 17.9. The molecule has 30 heavy (non-hydrogen) atoms. The van der Waals surface area contributed by atoms with Gasteiger partial charge in [0.2, 0.25) is 0 Å². The number of benzene rings is 3. The Morgan fingerprint density at radius 1 is 0.733 bits per heavy atom. The molecule has 3 aromatic rings. The molecule has 1 atom stereocenters. The summed E-state index contributed by atoms with van der Waals surface area (Å²) < 4.78 is 20.4. The lowest BCUT2D eigenvalue weighted by Crippen LogP contribution is -2.38. The van der Waals surface area contributed by atoms with Crippen molar-refractivity contribution in [3.63, 3.8) is 0 Å². The summed E-state index contributed by atoms with van der Waals surface area (Å²) in [6.45, 7) is 2.74. The largest absolute Gasteiger partial charge is 0.379 e. The fraction of sp³-hybridized carbons (Fsp3) is 0.250. The molecule has 4 rings (SSSR count). The fourth-order valence-electron chi connectivity index (χ4n) is 3.69. The van der Waals surface area contributed by atoms with Gasteiger partial charge in [-0.05, 0) is 16.7 Å². The van der Waals surface area contributed by atoms with Crippen LogP contribution in [0.2, 0.25) is 0 Å². The summed E-state index contributed by atoms with van der Waals surface area (Å²) in [5, 5.41) is 0. The van der Waals surface area contributed by atoms with Crippen LogP contribution in [0, 0.1) is 0 Å². The first kappa shape index (κ1) is 21.1. The van der Waals surface area contributed by atoms with Crippen LogP contribution in [0.25, 0.3) is 0 Å². The molecule has 1 unspecified atom stereocenters. The second-order valence-electron chi connectivity index (χ2n) is 6.92. The fourth-order valence-corrected chi connectivity index (χ4v) is 5.10. The molecule has 5 nitrogen and oxygen atoms in total. The van der Waals surface area contributed by atoms with Crippen LogP contribution in [0.5, 0.6) is 0 Å². The number of nitrogens with zero attached hydrogens (tertiary/aromatic N) is 1. The summed E-state index contributed by atoms with van der Waals surface area (Å²) in [6.07, 6.45) is 0. The summed E-state index contributed by atoms with van der Waals surface area (Å²) in [7, 11) is 0.0156. The highest BCUT2D eigenvalue weighted by Crippen LogP contribution is 2.54. The minimum absolute atomic E-state index is 0.643. The Bertz CT molecular complexity index is 792. The summed E-state index contributed by atoms with van der Waals surface area (Å²) in [6, 6.07) is 30.8. The number of hydrogen-bond acceptors (Lipinski definition) is 5. The van der Waals surface area contributed by atoms with Gasteiger partial charge in [-0.2, -0.15) is 4.67 Å². The first-order valence-corrected chi connectivity index (χ1v) is 11.2. The lowest BCUT2D eigenvalue weighted by Gasteiger charge is -2.40. The molecule has 156 valence electrons. The van der Waals surface area contributed by atoms with E-state index in [1.54, 1.807) is 0 Å². The Morgan fingerprint density at radius 2 is 1.17 bits per heavy atom. The maximum atomic E-state index is 6.96. The molecule has 1 aliphatic heterocycles. The number of ether oxygens (including phenoxy) is 1. The molecule has 0 saturated carbocycles. The molecule has 0 N–H and O–H groups in total. The van der Waals surface area contributed by atoms with Crippen molar-refractivity contribution >= 4 is 8.53 Å². The Balaban J connectivity index is 1.87. The highest BCUT2D eigenvalue weighted by atomic mass is 31.2. The molecule has 1 saturated heterocycles. The van der Waals surface area contributed by atoms with Gasteiger partial charge in [-0.25, -0.2) is 9.56 Å². The summed E-state index contributed by atoms with van der Waals surface area (Å²) >= 11 is 0. The molecule has 3 aromatic carbocycles. The van der Waals surface area contributed by atoms with Gasteiger partial charge in [-0.1, -0.05) is 91.0 Å². The average molecular weight is 423 g/mol. The third-order valence-corrected chi connectivity index (χ3v) is 6.68. The van der Waals surface area contributed by atoms with Crippen molar-refractivity contribution in [2.75, 3.05) is 33.4 Å². The van der Waals surface area contributed by atoms with Crippen LogP contribution >= 0.6 is 8.53 Å². The summed E-state index contributed by atoms with van der Waals surface area (Å²) in [5.41, 5.74) is 2.24. The molecular weight excluding hydrogens is 397 g/mol. The van der Waals surface area contributed by atoms with Crippen molar-refractivity contribution in [1.82, 2.24) is 4.67 Å². The summed E-state index contributed by atoms with van der Waals surface area (Å²) in [5.74, 6) is 0. The number of morpholine rings is 1. The molecule has 6 heteroatoms. The standard InChI is InChI=1S/C24H26NO4P/c1-26-29-30(25-17-19-27-20-18-25)28-24(21-11-5-2-6-12-21,22-13-7-3-8-14-22)23-15-9-4-10-16-23/h2-16H,17-20H2,1H3. The third-order valence-electron chi connectivity index (χ3n) is 5.11. The van der Waals surface area contributed by atoms with E-state index in [1.165, 1.54) is 7.11 Å². The van der Waals surface area contributed by atoms with Crippen LogP contribution in [0.3, 0.4) is 0 Å². The van der Waals surface area contributed by atoms with E-state index in [9.17, 15) is 0 Å². The highest BCUT2D eigenvalue weighted by molar-refractivity contribution is 7.44. The van der Waals surface area contributed by atoms with Gasteiger partial charge in [0.1, 0.15) is 0 Å². The van der Waals surface area contributed by atoms with E-state index < -0.39 is 14.1 Å². The van der Waals surface area contributed by atoms with Gasteiger partial charge < -0.3 is 4.74 Å². The maximum absolute atomic E-state index is 6.96. The van der Waals surface area contributed by atoms with E-state index in [0.29, 0.717) is 13.2 Å². The molecule has 0 bridgehead atoms. The molecule has 0 aliphatic carbocycles. The normalized spacial score (nSPS) is 16.3. The van der Waals surface area contributed by atoms with Crippen molar-refractivity contribution in [2.24, 2.45) is 0 Å². The molecular formula is C24H26NO4P. The van der Waals surface area contributed by atoms with Crippen molar-refractivity contribution in [3.05, 3.63) is 108 Å². The Labute approximate surface area is 179 Å². The zero-order valence-electron chi connectivity index (χ0n) is 17.0. The van der Waals surface area contributed by atoms with E-state index in [1.807, 2.05) is 54.6 Å². The van der Waals surface area contributed by atoms with Gasteiger partial charge in [0.05, 0.1) is 20.3 Å². The second kappa shape index (κ2) is 10.3. The van der Waals surface area contributed by atoms with E-state index >= 15 is 0 Å². The average Bonchev–Trinajstić information content (AvgIpc) is 2.84. The van der Waals surface area contributed by atoms with Crippen LogP contribution in [-0.4, -0.2) is 38.1 Å². The van der Waals surface area contributed by atoms with E-state index in [0.717, 1.165) is 29.8 Å². The molecule has 1 heterocycles. The highest BCUT2D eigenvalue weighted by Gasteiger charge is 2.43. The van der Waals surface area contributed by atoms with Crippen LogP contribution in [0.15, 0.2) is 91.0 Å². The minimum Gasteiger partial charge on any atom is -0.379 e. The van der Waals surface area contributed by atoms with Gasteiger partial charge in [-0.15, -0.1) is 0 Å². The topological polar surface area (TPSA) is 40.2 Å². The van der Waals surface area contributed by atoms with Gasteiger partial charge >= 0.3 is 0 Å². The predicted molar refractivity (Wildman–Crippen MR) is 118 cm³/mol. The molecule has 0 amide bonds. The second-order valence-corrected chi connectivity index (χ2v) is 8.29. The molecule has 0 radical (unpaired) electrons. The van der Waals surface area contributed by atoms with Crippen LogP contribution in [0.1, 0.15) is 16.7 Å². The number of rotatable bonds is 8. The van der Waals surface area contributed by atoms with Crippen molar-refractivity contribution in [1.29, 1.82) is 0 Å². The van der Waals surface area contributed by atoms with Gasteiger partial charge in [0.15, 0.2) is 5.60 Å². The third kappa shape index (κ3) is 4.47. The quantitative estimate of drug-likeness (QED) is 0.217. The van der Waals surface area contributed by atoms with Crippen molar-refractivity contribution in [2.45, 2.75) is 5.60 Å². The lowest BCUT2D eigenvalue weighted by molar-refractivity contribution is -0.189. The monoisotopic (exact) mass is 423 g/mol. The lowest BCUT2D eigenvalue weighted by atomic mass is 9.80. The van der Waals surface area contributed by atoms with E-state index in [-0.39, 0.29) is 0 Å². The van der Waals surface area contributed by atoms with E-state index in [2.05, 4.69) is 41.1 Å². The van der Waals surface area contributed by atoms with Gasteiger partial charge in [0, 0.05) is 13.1 Å². The summed E-state index contributed by atoms with van der Waals surface area (Å²) in [4.78, 5) is 5.13. The molecule has 0 spiro atoms. The first-order chi connectivity index (χ1) is 14.8. The van der Waals surface area contributed by atoms with Crippen molar-refractivity contribution in [3.8, 4) is 0 Å². The SMILES string of the molecule is COOP(OC(c1ccccc1)(c1ccccc1)c1ccccc1)N1CCOCC1. The Kier molecular flexibility index (Phi) is 7.24. The van der Waals surface area contributed by atoms with Crippen LogP contribution in [-0.2, 0) is 24.4 Å². The van der Waals surface area contributed by atoms with Crippen LogP contribution < -0.4 is 0 Å². The van der Waals surface area contributed by atoms with Crippen molar-refractivity contribution < 1.29 is 18.8 Å². The Morgan fingerprint density at radius 3 is 1.57 bits per heavy atom. The van der Waals surface area contributed by atoms with Crippen LogP contribution in [0.4, 0.5) is 0 Å². The van der Waals surface area contributed by atoms with Gasteiger partial charge in [0.25, 0.3) is 8.53 Å². The zero-order chi connectivity index (χ0) is 20.7. The Hall–Kier alpha value is -2.11. The predicted octanol–water partition coefficient (Wildman–Crippen LogP) is 5.13. The van der Waals surface area contributed by atoms with E-state index in [4.69, 9.17) is 18.8 Å². The minimum atomic E-state index is -1.51.